The molecule has 1 aromatic rings. The van der Waals surface area contributed by atoms with Crippen LogP contribution in [0.4, 0.5) is 8.78 Å². The van der Waals surface area contributed by atoms with Gasteiger partial charge in [0, 0.05) is 5.02 Å². The van der Waals surface area contributed by atoms with Crippen LogP contribution >= 0.6 is 11.6 Å². The van der Waals surface area contributed by atoms with Crippen LogP contribution in [0.3, 0.4) is 0 Å². The highest BCUT2D eigenvalue weighted by Crippen LogP contribution is 2.19. The van der Waals surface area contributed by atoms with Crippen LogP contribution in [0.1, 0.15) is 10.4 Å². The minimum absolute atomic E-state index is 0.0685. The van der Waals surface area contributed by atoms with Gasteiger partial charge in [0.25, 0.3) is 0 Å². The molecular weight excluding hydrogens is 212 g/mol. The largest absolute Gasteiger partial charge is 0.313 e. The van der Waals surface area contributed by atoms with Crippen molar-refractivity contribution in [1.82, 2.24) is 5.32 Å². The monoisotopic (exact) mass is 219 g/mol. The highest BCUT2D eigenvalue weighted by atomic mass is 35.5. The molecule has 0 aliphatic carbocycles. The Hall–Kier alpha value is -1.00. The summed E-state index contributed by atoms with van der Waals surface area (Å²) in [6.07, 6.45) is 0. The number of rotatable bonds is 3. The van der Waals surface area contributed by atoms with E-state index in [0.29, 0.717) is 0 Å². The summed E-state index contributed by atoms with van der Waals surface area (Å²) in [4.78, 5) is 11.2. The highest BCUT2D eigenvalue weighted by molar-refractivity contribution is 6.30. The third-order valence-corrected chi connectivity index (χ3v) is 1.84. The molecule has 0 fully saturated rings. The fraction of sp³-hybridized carbons (Fsp3) is 0.222. The van der Waals surface area contributed by atoms with Crippen LogP contribution in [0.15, 0.2) is 12.1 Å². The van der Waals surface area contributed by atoms with E-state index in [2.05, 4.69) is 5.32 Å². The van der Waals surface area contributed by atoms with Gasteiger partial charge in [-0.25, -0.2) is 8.78 Å². The van der Waals surface area contributed by atoms with Crippen molar-refractivity contribution in [2.24, 2.45) is 0 Å². The molecule has 0 unspecified atom stereocenters. The number of likely N-dealkylation sites (N-methyl/N-ethyl adjacent to an activating group) is 1. The maximum atomic E-state index is 13.1. The molecule has 2 nitrogen and oxygen atoms in total. The summed E-state index contributed by atoms with van der Waals surface area (Å²) in [5.41, 5.74) is -0.552. The van der Waals surface area contributed by atoms with Gasteiger partial charge >= 0.3 is 0 Å². The predicted octanol–water partition coefficient (Wildman–Crippen LogP) is 2.02. The molecule has 5 heteroatoms. The van der Waals surface area contributed by atoms with Crippen molar-refractivity contribution in [3.8, 4) is 0 Å². The van der Waals surface area contributed by atoms with E-state index < -0.39 is 23.0 Å². The second-order valence-corrected chi connectivity index (χ2v) is 3.13. The molecule has 14 heavy (non-hydrogen) atoms. The first-order valence-corrected chi connectivity index (χ1v) is 4.26. The summed E-state index contributed by atoms with van der Waals surface area (Å²) < 4.78 is 26.2. The number of hydrogen-bond donors (Lipinski definition) is 1. The van der Waals surface area contributed by atoms with Crippen molar-refractivity contribution in [2.75, 3.05) is 13.6 Å². The Bertz CT molecular complexity index is 345. The Labute approximate surface area is 84.9 Å². The van der Waals surface area contributed by atoms with Gasteiger partial charge in [-0.3, -0.25) is 4.79 Å². The van der Waals surface area contributed by atoms with Gasteiger partial charge in [-0.15, -0.1) is 0 Å². The van der Waals surface area contributed by atoms with Gasteiger partial charge in [0.2, 0.25) is 0 Å². The summed E-state index contributed by atoms with van der Waals surface area (Å²) in [5, 5.41) is 2.45. The lowest BCUT2D eigenvalue weighted by Gasteiger charge is -2.03. The van der Waals surface area contributed by atoms with Gasteiger partial charge < -0.3 is 5.32 Å². The van der Waals surface area contributed by atoms with Gasteiger partial charge in [-0.05, 0) is 19.2 Å². The maximum absolute atomic E-state index is 13.1. The molecule has 76 valence electrons. The number of halogens is 3. The Morgan fingerprint density at radius 2 is 1.93 bits per heavy atom. The molecule has 0 heterocycles. The zero-order valence-electron chi connectivity index (χ0n) is 7.40. The molecule has 0 saturated heterocycles. The van der Waals surface area contributed by atoms with Crippen molar-refractivity contribution in [3.63, 3.8) is 0 Å². The summed E-state index contributed by atoms with van der Waals surface area (Å²) in [5.74, 6) is -2.51. The van der Waals surface area contributed by atoms with Crippen molar-refractivity contribution in [2.45, 2.75) is 0 Å². The lowest BCUT2D eigenvalue weighted by Crippen LogP contribution is -2.20. The first-order chi connectivity index (χ1) is 6.56. The van der Waals surface area contributed by atoms with Crippen LogP contribution in [0, 0.1) is 11.6 Å². The average Bonchev–Trinajstić information content (AvgIpc) is 2.01. The van der Waals surface area contributed by atoms with E-state index in [-0.39, 0.29) is 11.6 Å². The van der Waals surface area contributed by atoms with Crippen LogP contribution in [-0.2, 0) is 0 Å². The first kappa shape index (κ1) is 11.1. The molecule has 0 aromatic heterocycles. The Morgan fingerprint density at radius 1 is 1.43 bits per heavy atom. The van der Waals surface area contributed by atoms with E-state index in [4.69, 9.17) is 11.6 Å². The quantitative estimate of drug-likeness (QED) is 0.788. The van der Waals surface area contributed by atoms with E-state index in [1.165, 1.54) is 7.05 Å². The number of carbonyl (C=O) groups excluding carboxylic acids is 1. The van der Waals surface area contributed by atoms with Crippen LogP contribution in [0.5, 0.6) is 0 Å². The van der Waals surface area contributed by atoms with E-state index in [0.717, 1.165) is 12.1 Å². The summed E-state index contributed by atoms with van der Waals surface area (Å²) in [7, 11) is 1.52. The number of Topliss-reactive ketones (excluding diaryl/α,β-unsaturated/α-hetero) is 1. The summed E-state index contributed by atoms with van der Waals surface area (Å²) in [6, 6.07) is 1.82. The fourth-order valence-corrected chi connectivity index (χ4v) is 1.25. The first-order valence-electron chi connectivity index (χ1n) is 3.88. The zero-order chi connectivity index (χ0) is 10.7. The van der Waals surface area contributed by atoms with Crippen LogP contribution in [-0.4, -0.2) is 19.4 Å². The molecule has 0 aliphatic rings. The normalized spacial score (nSPS) is 10.3. The van der Waals surface area contributed by atoms with E-state index >= 15 is 0 Å². The third kappa shape index (κ3) is 2.27. The molecule has 0 radical (unpaired) electrons. The fourth-order valence-electron chi connectivity index (χ4n) is 1.06. The van der Waals surface area contributed by atoms with Crippen LogP contribution in [0.2, 0.25) is 5.02 Å². The van der Waals surface area contributed by atoms with Gasteiger partial charge in [0.15, 0.2) is 5.78 Å². The van der Waals surface area contributed by atoms with Gasteiger partial charge in [0.05, 0.1) is 12.1 Å². The molecular formula is C9H8ClF2NO. The molecule has 1 aromatic carbocycles. The smallest absolute Gasteiger partial charge is 0.182 e. The Kier molecular flexibility index (Phi) is 3.55. The number of carbonyl (C=O) groups is 1. The number of hydrogen-bond acceptors (Lipinski definition) is 2. The van der Waals surface area contributed by atoms with Crippen LogP contribution < -0.4 is 5.32 Å². The Balaban J connectivity index is 3.14. The topological polar surface area (TPSA) is 29.1 Å². The van der Waals surface area contributed by atoms with Gasteiger partial charge in [-0.2, -0.15) is 0 Å². The minimum Gasteiger partial charge on any atom is -0.313 e. The molecule has 1 N–H and O–H groups in total. The number of benzene rings is 1. The van der Waals surface area contributed by atoms with Crippen molar-refractivity contribution in [3.05, 3.63) is 34.4 Å². The molecule has 0 atom stereocenters. The van der Waals surface area contributed by atoms with Crippen molar-refractivity contribution in [1.29, 1.82) is 0 Å². The SMILES string of the molecule is CNCC(=O)c1c(F)cc(Cl)cc1F. The number of nitrogens with one attached hydrogen (secondary N) is 1. The zero-order valence-corrected chi connectivity index (χ0v) is 8.16. The van der Waals surface area contributed by atoms with Crippen molar-refractivity contribution < 1.29 is 13.6 Å². The second kappa shape index (κ2) is 4.48. The molecule has 0 saturated carbocycles. The van der Waals surface area contributed by atoms with E-state index in [1.807, 2.05) is 0 Å². The van der Waals surface area contributed by atoms with E-state index in [9.17, 15) is 13.6 Å². The Morgan fingerprint density at radius 3 is 2.36 bits per heavy atom. The molecule has 1 rings (SSSR count). The second-order valence-electron chi connectivity index (χ2n) is 2.70. The molecule has 0 bridgehead atoms. The van der Waals surface area contributed by atoms with Crippen molar-refractivity contribution >= 4 is 17.4 Å². The standard InChI is InChI=1S/C9H8ClF2NO/c1-13-4-8(14)9-6(11)2-5(10)3-7(9)12/h2-3,13H,4H2,1H3. The minimum atomic E-state index is -0.935. The highest BCUT2D eigenvalue weighted by Gasteiger charge is 2.17. The molecule has 0 aliphatic heterocycles. The third-order valence-electron chi connectivity index (χ3n) is 1.62. The summed E-state index contributed by atoms with van der Waals surface area (Å²) >= 11 is 5.40. The maximum Gasteiger partial charge on any atom is 0.182 e. The van der Waals surface area contributed by atoms with Gasteiger partial charge in [0.1, 0.15) is 11.6 Å². The molecule has 0 spiro atoms. The lowest BCUT2D eigenvalue weighted by atomic mass is 10.1. The predicted molar refractivity (Wildman–Crippen MR) is 49.6 cm³/mol. The molecule has 0 amide bonds. The summed E-state index contributed by atoms with van der Waals surface area (Å²) in [6.45, 7) is -0.116. The van der Waals surface area contributed by atoms with E-state index in [1.54, 1.807) is 0 Å². The van der Waals surface area contributed by atoms with Crippen LogP contribution in [0.25, 0.3) is 0 Å². The lowest BCUT2D eigenvalue weighted by molar-refractivity contribution is 0.0985. The average molecular weight is 220 g/mol. The van der Waals surface area contributed by atoms with Gasteiger partial charge in [-0.1, -0.05) is 11.6 Å². The number of ketones is 1.